The van der Waals surface area contributed by atoms with Crippen LogP contribution in [0.3, 0.4) is 0 Å². The molecule has 4 heterocycles. The first kappa shape index (κ1) is 26.1. The normalized spacial score (nSPS) is 18.9. The Balaban J connectivity index is 1.41. The van der Waals surface area contributed by atoms with Gasteiger partial charge >= 0.3 is 0 Å². The minimum atomic E-state index is -1.51. The molecule has 5 N–H and O–H groups in total. The molecule has 1 aromatic carbocycles. The Morgan fingerprint density at radius 3 is 2.74 bits per heavy atom. The summed E-state index contributed by atoms with van der Waals surface area (Å²) in [6.07, 6.45) is 1.64. The lowest BCUT2D eigenvalue weighted by molar-refractivity contribution is -0.663. The molecular formula is C24H21N7O6S2. The highest BCUT2D eigenvalue weighted by Crippen LogP contribution is 2.40. The van der Waals surface area contributed by atoms with Crippen molar-refractivity contribution in [3.05, 3.63) is 64.4 Å². The molecule has 1 saturated heterocycles. The molecule has 39 heavy (non-hydrogen) atoms. The predicted molar refractivity (Wildman–Crippen MR) is 140 cm³/mol. The van der Waals surface area contributed by atoms with Gasteiger partial charge < -0.3 is 31.5 Å². The van der Waals surface area contributed by atoms with E-state index >= 15 is 0 Å². The van der Waals surface area contributed by atoms with Gasteiger partial charge in [-0.2, -0.15) is 4.57 Å². The molecule has 13 nitrogen and oxygen atoms in total. The van der Waals surface area contributed by atoms with Gasteiger partial charge in [-0.05, 0) is 6.07 Å². The zero-order valence-corrected chi connectivity index (χ0v) is 22.0. The number of carboxylic acids is 1. The number of aliphatic carboxylic acids is 1. The number of hydrogen-bond donors (Lipinski definition) is 3. The van der Waals surface area contributed by atoms with E-state index in [4.69, 9.17) is 16.3 Å². The molecule has 1 unspecified atom stereocenters. The van der Waals surface area contributed by atoms with Gasteiger partial charge in [0.05, 0.1) is 22.6 Å². The summed E-state index contributed by atoms with van der Waals surface area (Å²) in [5.41, 5.74) is 12.4. The van der Waals surface area contributed by atoms with Crippen LogP contribution in [0, 0.1) is 0 Å². The monoisotopic (exact) mass is 567 g/mol. The number of benzene rings is 1. The number of hydrogen-bond acceptors (Lipinski definition) is 11. The molecule has 3 amide bonds. The number of carboxylic acid groups (broad SMARTS) is 1. The van der Waals surface area contributed by atoms with Gasteiger partial charge in [0.2, 0.25) is 11.4 Å². The first-order valence-corrected chi connectivity index (χ1v) is 13.4. The Morgan fingerprint density at radius 2 is 2.08 bits per heavy atom. The number of carbonyl (C=O) groups excluding carboxylic acids is 4. The molecule has 3 aromatic rings. The third-order valence-corrected chi connectivity index (χ3v) is 8.25. The fraction of sp³-hybridized carbons (Fsp3) is 0.208. The SMILES string of the molecule is CO/N=C(\C(=O)NC1C(=O)N2C(C(=O)[O-])=C(C[n+]3ccc(C(N)=O)c4ccccc43)CS[C@H]12)c1csc(N)n1. The second kappa shape index (κ2) is 10.3. The van der Waals surface area contributed by atoms with Gasteiger partial charge in [0.15, 0.2) is 23.6 Å². The number of β-lactam (4-membered cyclic amide) rings is 1. The number of nitrogens with two attached hydrogens (primary N) is 2. The number of thioether (sulfide) groups is 1. The van der Waals surface area contributed by atoms with Crippen molar-refractivity contribution in [3.63, 3.8) is 0 Å². The second-order valence-corrected chi connectivity index (χ2v) is 10.5. The van der Waals surface area contributed by atoms with Crippen molar-refractivity contribution in [1.29, 1.82) is 0 Å². The molecule has 0 aliphatic carbocycles. The molecular weight excluding hydrogens is 546 g/mol. The molecule has 2 aliphatic rings. The van der Waals surface area contributed by atoms with Crippen LogP contribution in [-0.4, -0.2) is 63.6 Å². The minimum Gasteiger partial charge on any atom is -0.543 e. The standard InChI is InChI=1S/C24H21N7O6S2/c1-37-29-16(14-10-39-24(26)27-14)20(33)28-17-21(34)31-18(23(35)36)11(9-38-22(17)31)8-30-7-6-13(19(25)32)12-4-2-3-5-15(12)30/h2-7,10,17,22H,8-9H2,1H3,(H5-,25,26,27,28,32,33,35,36)/b29-16-/t17?,22-/m1/s1. The van der Waals surface area contributed by atoms with E-state index in [2.05, 4.69) is 15.5 Å². The number of amides is 3. The summed E-state index contributed by atoms with van der Waals surface area (Å²) in [6, 6.07) is 7.66. The van der Waals surface area contributed by atoms with Crippen LogP contribution in [0.1, 0.15) is 16.1 Å². The van der Waals surface area contributed by atoms with E-state index in [1.165, 1.54) is 24.3 Å². The summed E-state index contributed by atoms with van der Waals surface area (Å²) in [5, 5.41) is 20.2. The van der Waals surface area contributed by atoms with Crippen molar-refractivity contribution in [2.24, 2.45) is 10.9 Å². The fourth-order valence-corrected chi connectivity index (χ4v) is 6.42. The molecule has 2 atom stereocenters. The Kier molecular flexibility index (Phi) is 6.93. The van der Waals surface area contributed by atoms with E-state index in [0.717, 1.165) is 16.2 Å². The number of primary amides is 1. The van der Waals surface area contributed by atoms with E-state index in [1.54, 1.807) is 41.1 Å². The number of nitrogens with one attached hydrogen (secondary N) is 1. The molecule has 0 spiro atoms. The van der Waals surface area contributed by atoms with Crippen molar-refractivity contribution < 1.29 is 33.7 Å². The highest BCUT2D eigenvalue weighted by molar-refractivity contribution is 8.00. The quantitative estimate of drug-likeness (QED) is 0.128. The Hall–Kier alpha value is -4.50. The fourth-order valence-electron chi connectivity index (χ4n) is 4.54. The van der Waals surface area contributed by atoms with E-state index in [0.29, 0.717) is 22.0 Å². The van der Waals surface area contributed by atoms with Gasteiger partial charge in [0, 0.05) is 28.8 Å². The highest BCUT2D eigenvalue weighted by Gasteiger charge is 2.53. The van der Waals surface area contributed by atoms with E-state index < -0.39 is 35.1 Å². The van der Waals surface area contributed by atoms with Crippen LogP contribution in [0.25, 0.3) is 10.9 Å². The average molecular weight is 568 g/mol. The Bertz CT molecular complexity index is 1600. The number of rotatable bonds is 8. The molecule has 1 fully saturated rings. The maximum atomic E-state index is 13.1. The van der Waals surface area contributed by atoms with Crippen molar-refractivity contribution in [2.45, 2.75) is 18.0 Å². The minimum absolute atomic E-state index is 0.124. The Labute approximate surface area is 229 Å². The van der Waals surface area contributed by atoms with Crippen LogP contribution < -0.4 is 26.5 Å². The van der Waals surface area contributed by atoms with Gasteiger partial charge in [0.25, 0.3) is 11.8 Å². The molecule has 200 valence electrons. The summed E-state index contributed by atoms with van der Waals surface area (Å²) in [6.45, 7) is 0.124. The predicted octanol–water partition coefficient (Wildman–Crippen LogP) is -1.28. The van der Waals surface area contributed by atoms with Crippen LogP contribution in [-0.2, 0) is 25.8 Å². The lowest BCUT2D eigenvalue weighted by Crippen LogP contribution is -2.71. The third kappa shape index (κ3) is 4.66. The first-order chi connectivity index (χ1) is 18.7. The number of oxime groups is 1. The largest absolute Gasteiger partial charge is 0.543 e. The Morgan fingerprint density at radius 1 is 1.31 bits per heavy atom. The molecule has 0 bridgehead atoms. The van der Waals surface area contributed by atoms with Crippen LogP contribution in [0.15, 0.2) is 58.3 Å². The lowest BCUT2D eigenvalue weighted by Gasteiger charge is -2.50. The second-order valence-electron chi connectivity index (χ2n) is 8.53. The smallest absolute Gasteiger partial charge is 0.276 e. The maximum Gasteiger partial charge on any atom is 0.276 e. The van der Waals surface area contributed by atoms with Gasteiger partial charge in [0.1, 0.15) is 24.2 Å². The number of thiazole rings is 1. The molecule has 5 rings (SSSR count). The number of nitrogen functional groups attached to an aromatic ring is 1. The third-order valence-electron chi connectivity index (χ3n) is 6.24. The molecule has 2 aromatic heterocycles. The summed E-state index contributed by atoms with van der Waals surface area (Å²) >= 11 is 2.41. The maximum absolute atomic E-state index is 13.1. The summed E-state index contributed by atoms with van der Waals surface area (Å²) in [4.78, 5) is 60.0. The lowest BCUT2D eigenvalue weighted by atomic mass is 10.0. The summed E-state index contributed by atoms with van der Waals surface area (Å²) < 4.78 is 1.78. The van der Waals surface area contributed by atoms with E-state index in [1.807, 2.05) is 0 Å². The van der Waals surface area contributed by atoms with Gasteiger partial charge in [-0.15, -0.1) is 23.1 Å². The zero-order valence-electron chi connectivity index (χ0n) is 20.3. The van der Waals surface area contributed by atoms with Crippen LogP contribution in [0.2, 0.25) is 0 Å². The number of para-hydroxylation sites is 1. The van der Waals surface area contributed by atoms with Gasteiger partial charge in [-0.3, -0.25) is 19.3 Å². The number of nitrogens with zero attached hydrogens (tertiary/aromatic N) is 4. The highest BCUT2D eigenvalue weighted by atomic mass is 32.2. The van der Waals surface area contributed by atoms with Gasteiger partial charge in [-0.1, -0.05) is 17.3 Å². The average Bonchev–Trinajstić information content (AvgIpc) is 3.35. The van der Waals surface area contributed by atoms with Crippen LogP contribution in [0.5, 0.6) is 0 Å². The number of aromatic nitrogens is 2. The van der Waals surface area contributed by atoms with Gasteiger partial charge in [-0.25, -0.2) is 4.98 Å². The van der Waals surface area contributed by atoms with Crippen molar-refractivity contribution >= 4 is 68.5 Å². The number of pyridine rings is 1. The molecule has 0 radical (unpaired) electrons. The number of carbonyl (C=O) groups is 4. The van der Waals surface area contributed by atoms with E-state index in [-0.39, 0.29) is 34.5 Å². The number of anilines is 1. The van der Waals surface area contributed by atoms with Crippen LogP contribution in [0.4, 0.5) is 5.13 Å². The molecule has 15 heteroatoms. The first-order valence-electron chi connectivity index (χ1n) is 11.4. The molecule has 2 aliphatic heterocycles. The van der Waals surface area contributed by atoms with E-state index in [9.17, 15) is 24.3 Å². The van der Waals surface area contributed by atoms with Crippen molar-refractivity contribution in [1.82, 2.24) is 15.2 Å². The summed E-state index contributed by atoms with van der Waals surface area (Å²) in [7, 11) is 1.26. The van der Waals surface area contributed by atoms with Crippen molar-refractivity contribution in [3.8, 4) is 0 Å². The zero-order chi connectivity index (χ0) is 27.8. The topological polar surface area (TPSA) is 197 Å². The molecule has 0 saturated carbocycles. The van der Waals surface area contributed by atoms with Crippen molar-refractivity contribution in [2.75, 3.05) is 18.6 Å². The number of fused-ring (bicyclic) bond motifs is 2. The van der Waals surface area contributed by atoms with Crippen LogP contribution >= 0.6 is 23.1 Å². The summed E-state index contributed by atoms with van der Waals surface area (Å²) in [5.74, 6) is -3.16.